The third-order valence-electron chi connectivity index (χ3n) is 5.95. The molecular formula is C26H30N4O4S2. The van der Waals surface area contributed by atoms with Gasteiger partial charge in [0.05, 0.1) is 21.7 Å². The average Bonchev–Trinajstić information content (AvgIpc) is 2.99. The van der Waals surface area contributed by atoms with E-state index >= 15 is 0 Å². The van der Waals surface area contributed by atoms with Crippen LogP contribution in [0.1, 0.15) is 56.0 Å². The molecule has 0 spiro atoms. The second kappa shape index (κ2) is 10.8. The molecule has 1 heterocycles. The smallest absolute Gasteiger partial charge is 0.268 e. The van der Waals surface area contributed by atoms with Gasteiger partial charge in [0.15, 0.2) is 0 Å². The molecule has 0 fully saturated rings. The Labute approximate surface area is 215 Å². The number of hydrogen-bond donors (Lipinski definition) is 3. The number of fused-ring (bicyclic) bond motifs is 1. The highest BCUT2D eigenvalue weighted by molar-refractivity contribution is 7.92. The van der Waals surface area contributed by atoms with E-state index in [4.69, 9.17) is 0 Å². The van der Waals surface area contributed by atoms with E-state index in [9.17, 15) is 18.0 Å². The lowest BCUT2D eigenvalue weighted by Crippen LogP contribution is -2.36. The number of carbonyl (C=O) groups excluding carboxylic acids is 2. The Balaban J connectivity index is 1.65. The van der Waals surface area contributed by atoms with Gasteiger partial charge in [0.2, 0.25) is 0 Å². The van der Waals surface area contributed by atoms with Crippen molar-refractivity contribution < 1.29 is 18.0 Å². The van der Waals surface area contributed by atoms with E-state index in [1.807, 2.05) is 6.92 Å². The number of benzene rings is 2. The first-order valence-electron chi connectivity index (χ1n) is 11.8. The fourth-order valence-electron chi connectivity index (χ4n) is 4.19. The van der Waals surface area contributed by atoms with Gasteiger partial charge in [-0.05, 0) is 62.4 Å². The first-order valence-corrected chi connectivity index (χ1v) is 14.1. The van der Waals surface area contributed by atoms with Crippen LogP contribution in [0, 0.1) is 6.92 Å². The minimum atomic E-state index is -3.90. The second-order valence-electron chi connectivity index (χ2n) is 9.02. The molecule has 0 saturated heterocycles. The molecule has 0 unspecified atom stereocenters. The predicted octanol–water partition coefficient (Wildman–Crippen LogP) is 4.58. The molecule has 3 aromatic rings. The standard InChI is InChI=1S/C26H30N4O4S2/c1-17-13-15-18(16-14-17)36(33,34)29-21-11-8-7-9-19(21)24(31)27-26-23(25(32)28-30(2)3)20-10-5-4-6-12-22(20)35-26/h7-9,11,13-16,29H,4-6,10,12H2,1-3H3,(H,27,31)(H,28,32). The van der Waals surface area contributed by atoms with Crippen molar-refractivity contribution in [3.8, 4) is 0 Å². The maximum absolute atomic E-state index is 13.4. The van der Waals surface area contributed by atoms with Gasteiger partial charge in [-0.25, -0.2) is 13.4 Å². The number of aryl methyl sites for hydroxylation is 2. The number of hydrogen-bond acceptors (Lipinski definition) is 6. The summed E-state index contributed by atoms with van der Waals surface area (Å²) in [7, 11) is -0.430. The molecule has 0 radical (unpaired) electrons. The second-order valence-corrected chi connectivity index (χ2v) is 11.8. The molecule has 190 valence electrons. The van der Waals surface area contributed by atoms with E-state index in [2.05, 4.69) is 15.5 Å². The normalized spacial score (nSPS) is 13.6. The molecular weight excluding hydrogens is 496 g/mol. The largest absolute Gasteiger partial charge is 0.313 e. The van der Waals surface area contributed by atoms with Crippen molar-refractivity contribution in [3.63, 3.8) is 0 Å². The molecule has 1 aromatic heterocycles. The minimum absolute atomic E-state index is 0.105. The van der Waals surface area contributed by atoms with E-state index in [1.165, 1.54) is 23.5 Å². The molecule has 1 aliphatic rings. The molecule has 0 bridgehead atoms. The Morgan fingerprint density at radius 2 is 1.61 bits per heavy atom. The summed E-state index contributed by atoms with van der Waals surface area (Å²) in [6, 6.07) is 12.9. The van der Waals surface area contributed by atoms with Crippen molar-refractivity contribution in [3.05, 3.63) is 75.7 Å². The van der Waals surface area contributed by atoms with Crippen molar-refractivity contribution in [2.45, 2.75) is 43.9 Å². The van der Waals surface area contributed by atoms with Gasteiger partial charge in [-0.2, -0.15) is 0 Å². The third kappa shape index (κ3) is 5.77. The third-order valence-corrected chi connectivity index (χ3v) is 8.54. The zero-order valence-electron chi connectivity index (χ0n) is 20.6. The van der Waals surface area contributed by atoms with E-state index in [-0.39, 0.29) is 22.1 Å². The van der Waals surface area contributed by atoms with Crippen LogP contribution in [0.25, 0.3) is 0 Å². The van der Waals surface area contributed by atoms with Crippen molar-refractivity contribution in [1.82, 2.24) is 10.4 Å². The molecule has 4 rings (SSSR count). The van der Waals surface area contributed by atoms with Crippen molar-refractivity contribution >= 4 is 43.9 Å². The lowest BCUT2D eigenvalue weighted by molar-refractivity contribution is 0.0857. The number of rotatable bonds is 7. The molecule has 3 N–H and O–H groups in total. The summed E-state index contributed by atoms with van der Waals surface area (Å²) in [5, 5.41) is 4.95. The molecule has 1 aliphatic carbocycles. The maximum atomic E-state index is 13.4. The van der Waals surface area contributed by atoms with Gasteiger partial charge in [0, 0.05) is 19.0 Å². The number of nitrogens with one attached hydrogen (secondary N) is 3. The van der Waals surface area contributed by atoms with E-state index in [1.54, 1.807) is 55.5 Å². The summed E-state index contributed by atoms with van der Waals surface area (Å²) in [5.41, 5.74) is 5.53. The van der Waals surface area contributed by atoms with Crippen LogP contribution in [0.3, 0.4) is 0 Å². The highest BCUT2D eigenvalue weighted by atomic mass is 32.2. The molecule has 2 aromatic carbocycles. The summed E-state index contributed by atoms with van der Waals surface area (Å²) in [6.07, 6.45) is 4.78. The lowest BCUT2D eigenvalue weighted by atomic mass is 10.0. The molecule has 10 heteroatoms. The molecule has 36 heavy (non-hydrogen) atoms. The molecule has 0 saturated carbocycles. The molecule has 0 atom stereocenters. The van der Waals surface area contributed by atoms with Gasteiger partial charge in [0.25, 0.3) is 21.8 Å². The fourth-order valence-corrected chi connectivity index (χ4v) is 6.55. The van der Waals surface area contributed by atoms with Crippen LogP contribution in [0.2, 0.25) is 0 Å². The highest BCUT2D eigenvalue weighted by Crippen LogP contribution is 2.38. The van der Waals surface area contributed by atoms with Crippen LogP contribution in [-0.2, 0) is 22.9 Å². The molecule has 2 amide bonds. The van der Waals surface area contributed by atoms with Crippen LogP contribution in [0.5, 0.6) is 0 Å². The Kier molecular flexibility index (Phi) is 7.77. The van der Waals surface area contributed by atoms with E-state index in [0.29, 0.717) is 10.6 Å². The van der Waals surface area contributed by atoms with Crippen LogP contribution < -0.4 is 15.5 Å². The van der Waals surface area contributed by atoms with Crippen molar-refractivity contribution in [2.75, 3.05) is 24.1 Å². The summed E-state index contributed by atoms with van der Waals surface area (Å²) >= 11 is 1.42. The Bertz CT molecular complexity index is 1380. The summed E-state index contributed by atoms with van der Waals surface area (Å²) in [4.78, 5) is 27.7. The van der Waals surface area contributed by atoms with Gasteiger partial charge in [-0.3, -0.25) is 19.7 Å². The summed E-state index contributed by atoms with van der Waals surface area (Å²) in [6.45, 7) is 1.88. The topological polar surface area (TPSA) is 108 Å². The van der Waals surface area contributed by atoms with Crippen molar-refractivity contribution in [1.29, 1.82) is 0 Å². The Morgan fingerprint density at radius 1 is 0.917 bits per heavy atom. The van der Waals surface area contributed by atoms with Crippen LogP contribution in [0.15, 0.2) is 53.4 Å². The predicted molar refractivity (Wildman–Crippen MR) is 143 cm³/mol. The van der Waals surface area contributed by atoms with Gasteiger partial charge in [0.1, 0.15) is 5.00 Å². The SMILES string of the molecule is Cc1ccc(S(=O)(=O)Nc2ccccc2C(=O)Nc2sc3c(c2C(=O)NN(C)C)CCCCC3)cc1. The number of para-hydroxylation sites is 1. The monoisotopic (exact) mass is 526 g/mol. The van der Waals surface area contributed by atoms with E-state index in [0.717, 1.165) is 48.1 Å². The molecule has 0 aliphatic heterocycles. The maximum Gasteiger partial charge on any atom is 0.268 e. The fraction of sp³-hybridized carbons (Fsp3) is 0.308. The number of hydrazine groups is 1. The van der Waals surface area contributed by atoms with Gasteiger partial charge < -0.3 is 5.32 Å². The molecule has 8 nitrogen and oxygen atoms in total. The van der Waals surface area contributed by atoms with Crippen LogP contribution in [-0.4, -0.2) is 39.3 Å². The van der Waals surface area contributed by atoms with Gasteiger partial charge in [-0.1, -0.05) is 36.2 Å². The number of anilines is 2. The quantitative estimate of drug-likeness (QED) is 0.308. The first kappa shape index (κ1) is 25.9. The summed E-state index contributed by atoms with van der Waals surface area (Å²) < 4.78 is 28.5. The zero-order chi connectivity index (χ0) is 25.9. The van der Waals surface area contributed by atoms with Crippen LogP contribution >= 0.6 is 11.3 Å². The number of nitrogens with zero attached hydrogens (tertiary/aromatic N) is 1. The van der Waals surface area contributed by atoms with Crippen LogP contribution in [0.4, 0.5) is 10.7 Å². The number of thiophene rings is 1. The average molecular weight is 527 g/mol. The number of amides is 2. The Morgan fingerprint density at radius 3 is 2.33 bits per heavy atom. The zero-order valence-corrected chi connectivity index (χ0v) is 22.2. The van der Waals surface area contributed by atoms with Gasteiger partial charge in [-0.15, -0.1) is 11.3 Å². The Hall–Kier alpha value is -3.21. The van der Waals surface area contributed by atoms with Gasteiger partial charge >= 0.3 is 0 Å². The van der Waals surface area contributed by atoms with E-state index < -0.39 is 15.9 Å². The summed E-state index contributed by atoms with van der Waals surface area (Å²) in [5.74, 6) is -0.768. The van der Waals surface area contributed by atoms with Crippen molar-refractivity contribution in [2.24, 2.45) is 0 Å². The minimum Gasteiger partial charge on any atom is -0.313 e. The number of carbonyl (C=O) groups is 2. The first-order chi connectivity index (χ1) is 17.2. The lowest BCUT2D eigenvalue weighted by Gasteiger charge is -2.15. The number of sulfonamides is 1. The highest BCUT2D eigenvalue weighted by Gasteiger charge is 2.27.